The molecule has 1 amide bonds. The van der Waals surface area contributed by atoms with Crippen molar-refractivity contribution in [3.05, 3.63) is 40.5 Å². The molecular weight excluding hydrogens is 365 g/mol. The van der Waals surface area contributed by atoms with Crippen molar-refractivity contribution in [2.75, 3.05) is 0 Å². The van der Waals surface area contributed by atoms with Gasteiger partial charge in [-0.25, -0.2) is 0 Å². The van der Waals surface area contributed by atoms with Gasteiger partial charge in [0.25, 0.3) is 0 Å². The second kappa shape index (κ2) is 7.04. The van der Waals surface area contributed by atoms with E-state index in [9.17, 15) is 18.0 Å². The molecule has 4 N–H and O–H groups in total. The maximum Gasteiger partial charge on any atom is 0.435 e. The summed E-state index contributed by atoms with van der Waals surface area (Å²) in [5.41, 5.74) is 9.50. The molecule has 0 fully saturated rings. The molecule has 0 aliphatic rings. The Hall–Kier alpha value is -1.71. The fourth-order valence-corrected chi connectivity index (χ4v) is 3.27. The number of alkyl halides is 3. The highest BCUT2D eigenvalue weighted by atomic mass is 35.5. The van der Waals surface area contributed by atoms with Crippen molar-refractivity contribution in [2.24, 2.45) is 18.5 Å². The number of aromatic nitrogens is 2. The normalized spacial score (nSPS) is 13.1. The molecule has 2 aromatic rings. The Bertz CT molecular complexity index is 746. The number of halogens is 4. The number of rotatable bonds is 5. The van der Waals surface area contributed by atoms with Crippen LogP contribution in [-0.4, -0.2) is 15.7 Å². The molecule has 0 bridgehead atoms. The summed E-state index contributed by atoms with van der Waals surface area (Å²) < 4.78 is 40.9. The smallest absolute Gasteiger partial charge is 0.370 e. The van der Waals surface area contributed by atoms with Crippen molar-refractivity contribution in [2.45, 2.75) is 28.6 Å². The molecule has 10 heteroatoms. The van der Waals surface area contributed by atoms with E-state index in [1.807, 2.05) is 0 Å². The van der Waals surface area contributed by atoms with Gasteiger partial charge in [-0.1, -0.05) is 23.4 Å². The number of hydrogen-bond acceptors (Lipinski definition) is 4. The molecule has 0 saturated heterocycles. The van der Waals surface area contributed by atoms with Gasteiger partial charge in [0.2, 0.25) is 5.91 Å². The highest BCUT2D eigenvalue weighted by Crippen LogP contribution is 2.41. The average Bonchev–Trinajstić information content (AvgIpc) is 2.78. The molecule has 0 spiro atoms. The van der Waals surface area contributed by atoms with Crippen LogP contribution in [0.25, 0.3) is 0 Å². The van der Waals surface area contributed by atoms with E-state index >= 15 is 0 Å². The first-order valence-corrected chi connectivity index (χ1v) is 7.90. The minimum Gasteiger partial charge on any atom is -0.370 e. The van der Waals surface area contributed by atoms with Gasteiger partial charge in [-0.05, 0) is 24.3 Å². The van der Waals surface area contributed by atoms with E-state index in [0.29, 0.717) is 9.92 Å². The summed E-state index contributed by atoms with van der Waals surface area (Å²) in [5.74, 6) is -0.790. The lowest BCUT2D eigenvalue weighted by atomic mass is 10.0. The predicted molar refractivity (Wildman–Crippen MR) is 84.5 cm³/mol. The summed E-state index contributed by atoms with van der Waals surface area (Å²) >= 11 is 6.85. The molecule has 5 nitrogen and oxygen atoms in total. The Balaban J connectivity index is 2.51. The van der Waals surface area contributed by atoms with Crippen LogP contribution < -0.4 is 11.5 Å². The fraction of sp³-hybridized carbons (Fsp3) is 0.286. The van der Waals surface area contributed by atoms with E-state index in [2.05, 4.69) is 5.10 Å². The largest absolute Gasteiger partial charge is 0.435 e. The van der Waals surface area contributed by atoms with Crippen molar-refractivity contribution in [1.82, 2.24) is 9.78 Å². The number of primary amides is 1. The average molecular weight is 379 g/mol. The number of aryl methyl sites for hydroxylation is 1. The molecule has 1 heterocycles. The fourth-order valence-electron chi connectivity index (χ4n) is 2.12. The van der Waals surface area contributed by atoms with Gasteiger partial charge in [0.1, 0.15) is 5.03 Å². The first-order chi connectivity index (χ1) is 11.1. The van der Waals surface area contributed by atoms with Gasteiger partial charge < -0.3 is 11.5 Å². The van der Waals surface area contributed by atoms with Gasteiger partial charge in [0, 0.05) is 35.0 Å². The summed E-state index contributed by atoms with van der Waals surface area (Å²) in [6.07, 6.45) is -5.11. The van der Waals surface area contributed by atoms with E-state index in [1.165, 1.54) is 7.05 Å². The molecule has 24 heavy (non-hydrogen) atoms. The standard InChI is InChI=1S/C14H14ClF3N4OS/c1-22-13(24-8-4-2-7(15)3-5-8)11(9(19)6-10(20)23)12(21-22)14(16,17)18/h2-5,9H,6,19H2,1H3,(H2,20,23). The number of nitrogens with two attached hydrogens (primary N) is 2. The number of carbonyl (C=O) groups excluding carboxylic acids is 1. The van der Waals surface area contributed by atoms with Gasteiger partial charge in [-0.2, -0.15) is 18.3 Å². The van der Waals surface area contributed by atoms with Crippen LogP contribution in [0, 0.1) is 0 Å². The van der Waals surface area contributed by atoms with E-state index in [-0.39, 0.29) is 10.6 Å². The lowest BCUT2D eigenvalue weighted by molar-refractivity contribution is -0.142. The lowest BCUT2D eigenvalue weighted by Crippen LogP contribution is -2.23. The zero-order valence-corrected chi connectivity index (χ0v) is 14.0. The topological polar surface area (TPSA) is 86.9 Å². The van der Waals surface area contributed by atoms with Crippen molar-refractivity contribution in [1.29, 1.82) is 0 Å². The predicted octanol–water partition coefficient (Wildman–Crippen LogP) is 3.12. The van der Waals surface area contributed by atoms with Crippen LogP contribution in [0.2, 0.25) is 5.02 Å². The molecule has 1 aromatic carbocycles. The van der Waals surface area contributed by atoms with E-state index in [4.69, 9.17) is 23.1 Å². The molecule has 1 unspecified atom stereocenters. The Morgan fingerprint density at radius 1 is 1.38 bits per heavy atom. The first kappa shape index (κ1) is 18.6. The van der Waals surface area contributed by atoms with Crippen molar-refractivity contribution in [3.8, 4) is 0 Å². The molecule has 0 aliphatic heterocycles. The van der Waals surface area contributed by atoms with Crippen LogP contribution in [0.5, 0.6) is 0 Å². The summed E-state index contributed by atoms with van der Waals surface area (Å²) in [6.45, 7) is 0. The number of nitrogens with zero attached hydrogens (tertiary/aromatic N) is 2. The van der Waals surface area contributed by atoms with Gasteiger partial charge in [-0.15, -0.1) is 0 Å². The zero-order valence-electron chi connectivity index (χ0n) is 12.5. The van der Waals surface area contributed by atoms with Crippen LogP contribution in [0.3, 0.4) is 0 Å². The number of benzene rings is 1. The Morgan fingerprint density at radius 2 is 1.96 bits per heavy atom. The number of amides is 1. The summed E-state index contributed by atoms with van der Waals surface area (Å²) in [7, 11) is 1.38. The van der Waals surface area contributed by atoms with Gasteiger partial charge in [0.15, 0.2) is 5.69 Å². The summed E-state index contributed by atoms with van der Waals surface area (Å²) in [5, 5.41) is 4.24. The van der Waals surface area contributed by atoms with Crippen molar-refractivity contribution < 1.29 is 18.0 Å². The Labute approximate surface area is 145 Å². The maximum atomic E-state index is 13.3. The van der Waals surface area contributed by atoms with Crippen LogP contribution in [0.1, 0.15) is 23.7 Å². The Kier molecular flexibility index (Phi) is 5.46. The molecule has 0 aliphatic carbocycles. The van der Waals surface area contributed by atoms with E-state index < -0.39 is 30.2 Å². The van der Waals surface area contributed by atoms with Gasteiger partial charge in [0.05, 0.1) is 0 Å². The third-order valence-electron chi connectivity index (χ3n) is 3.12. The van der Waals surface area contributed by atoms with Crippen molar-refractivity contribution >= 4 is 29.3 Å². The summed E-state index contributed by atoms with van der Waals surface area (Å²) in [6, 6.07) is 5.36. The molecule has 0 saturated carbocycles. The minimum absolute atomic E-state index is 0.193. The second-order valence-electron chi connectivity index (χ2n) is 5.02. The molecule has 0 radical (unpaired) electrons. The highest BCUT2D eigenvalue weighted by molar-refractivity contribution is 7.99. The quantitative estimate of drug-likeness (QED) is 0.836. The van der Waals surface area contributed by atoms with Crippen molar-refractivity contribution in [3.63, 3.8) is 0 Å². The molecule has 1 aromatic heterocycles. The number of carbonyl (C=O) groups is 1. The number of hydrogen-bond donors (Lipinski definition) is 2. The molecule has 130 valence electrons. The van der Waals surface area contributed by atoms with Crippen LogP contribution in [0.15, 0.2) is 34.2 Å². The SMILES string of the molecule is Cn1nc(C(F)(F)F)c(C(N)CC(N)=O)c1Sc1ccc(Cl)cc1. The molecule has 2 rings (SSSR count). The molecule has 1 atom stereocenters. The first-order valence-electron chi connectivity index (χ1n) is 6.71. The van der Waals surface area contributed by atoms with Gasteiger partial charge >= 0.3 is 6.18 Å². The maximum absolute atomic E-state index is 13.3. The third kappa shape index (κ3) is 4.22. The van der Waals surface area contributed by atoms with Crippen LogP contribution >= 0.6 is 23.4 Å². The zero-order chi connectivity index (χ0) is 18.1. The third-order valence-corrected chi connectivity index (χ3v) is 4.56. The highest BCUT2D eigenvalue weighted by Gasteiger charge is 2.40. The van der Waals surface area contributed by atoms with Crippen LogP contribution in [-0.2, 0) is 18.0 Å². The van der Waals surface area contributed by atoms with E-state index in [0.717, 1.165) is 16.4 Å². The monoisotopic (exact) mass is 378 g/mol. The van der Waals surface area contributed by atoms with Crippen LogP contribution in [0.4, 0.5) is 13.2 Å². The Morgan fingerprint density at radius 3 is 2.46 bits per heavy atom. The lowest BCUT2D eigenvalue weighted by Gasteiger charge is -2.14. The molecular formula is C14H14ClF3N4OS. The van der Waals surface area contributed by atoms with E-state index in [1.54, 1.807) is 24.3 Å². The summed E-state index contributed by atoms with van der Waals surface area (Å²) in [4.78, 5) is 11.7. The minimum atomic E-state index is -4.69. The second-order valence-corrected chi connectivity index (χ2v) is 6.52. The van der Waals surface area contributed by atoms with Gasteiger partial charge in [-0.3, -0.25) is 9.48 Å².